The maximum absolute atomic E-state index is 12.1. The zero-order valence-electron chi connectivity index (χ0n) is 17.4. The minimum atomic E-state index is -1.00. The van der Waals surface area contributed by atoms with E-state index in [1.54, 1.807) is 24.3 Å². The van der Waals surface area contributed by atoms with Crippen LogP contribution in [0.1, 0.15) is 40.4 Å². The minimum Gasteiger partial charge on any atom is -0.478 e. The van der Waals surface area contributed by atoms with Crippen molar-refractivity contribution in [2.24, 2.45) is 0 Å². The fourth-order valence-electron chi connectivity index (χ4n) is 3.70. The van der Waals surface area contributed by atoms with Crippen LogP contribution in [0.5, 0.6) is 0 Å². The fraction of sp³-hybridized carbons (Fsp3) is 0.111. The maximum Gasteiger partial charge on any atom is 0.335 e. The number of carbonyl (C=O) groups excluding carboxylic acids is 1. The number of allylic oxidation sites excluding steroid dienone is 5. The first-order valence-electron chi connectivity index (χ1n) is 9.83. The molecule has 0 unspecified atom stereocenters. The van der Waals surface area contributed by atoms with Gasteiger partial charge in [0.05, 0.1) is 11.3 Å². The number of aromatic carboxylic acids is 1. The van der Waals surface area contributed by atoms with E-state index in [9.17, 15) is 14.7 Å². The Hall–Kier alpha value is -2.62. The van der Waals surface area contributed by atoms with E-state index in [1.165, 1.54) is 6.08 Å². The standard InChI is InChI=1S/C27H20O3.Y/c1-3-18-15-22(12-13-25(18)28)26(23-6-4-5-7-24(23)27(29)30)21-11-10-19-14-17(2)8-9-20(19)16-21;/h4-14H,3H2,1-2H3,(H,29,30);/q-2;/b26-22+;. The summed E-state index contributed by atoms with van der Waals surface area (Å²) >= 11 is 0. The third kappa shape index (κ3) is 4.68. The first kappa shape index (κ1) is 23.1. The van der Waals surface area contributed by atoms with Gasteiger partial charge in [0.1, 0.15) is 0 Å². The summed E-state index contributed by atoms with van der Waals surface area (Å²) in [6.45, 7) is 3.95. The smallest absolute Gasteiger partial charge is 0.335 e. The molecule has 0 spiro atoms. The molecule has 3 nitrogen and oxygen atoms in total. The second-order valence-corrected chi connectivity index (χ2v) is 7.26. The van der Waals surface area contributed by atoms with Gasteiger partial charge in [-0.25, -0.2) is 4.79 Å². The molecule has 1 N–H and O–H groups in total. The van der Waals surface area contributed by atoms with Gasteiger partial charge in [-0.3, -0.25) is 0 Å². The molecule has 1 aliphatic carbocycles. The Morgan fingerprint density at radius 3 is 2.45 bits per heavy atom. The van der Waals surface area contributed by atoms with Crippen LogP contribution in [0, 0.1) is 19.1 Å². The van der Waals surface area contributed by atoms with Crippen molar-refractivity contribution in [3.8, 4) is 0 Å². The first-order valence-corrected chi connectivity index (χ1v) is 9.83. The predicted molar refractivity (Wildman–Crippen MR) is 118 cm³/mol. The number of ketones is 1. The number of carboxylic acids is 1. The molecule has 4 rings (SSSR count). The number of rotatable bonds is 4. The molecule has 151 valence electrons. The van der Waals surface area contributed by atoms with E-state index in [-0.39, 0.29) is 44.1 Å². The SMILES string of the molecule is CCC1=[C-]/C(=C(\c2[c-]c3ccc(C)cc3cc2)c2ccccc2C(=O)O)C=CC1=O.[Y]. The van der Waals surface area contributed by atoms with E-state index in [1.807, 2.05) is 44.2 Å². The summed E-state index contributed by atoms with van der Waals surface area (Å²) in [5.74, 6) is -1.07. The molecule has 3 aromatic rings. The van der Waals surface area contributed by atoms with Crippen LogP contribution < -0.4 is 0 Å². The van der Waals surface area contributed by atoms with Crippen LogP contribution in [-0.2, 0) is 37.5 Å². The molecule has 1 radical (unpaired) electrons. The molecule has 0 fully saturated rings. The molecule has 0 saturated heterocycles. The first-order chi connectivity index (χ1) is 14.5. The summed E-state index contributed by atoms with van der Waals surface area (Å²) in [6.07, 6.45) is 7.01. The number of carboxylic acid groups (broad SMARTS) is 1. The molecule has 0 amide bonds. The average Bonchev–Trinajstić information content (AvgIpc) is 2.75. The average molecular weight is 481 g/mol. The van der Waals surface area contributed by atoms with Gasteiger partial charge in [-0.05, 0) is 25.0 Å². The van der Waals surface area contributed by atoms with Crippen LogP contribution in [0.15, 0.2) is 77.9 Å². The molecular formula is C27H20O3Y-2. The van der Waals surface area contributed by atoms with Crippen molar-refractivity contribution in [2.45, 2.75) is 20.3 Å². The molecule has 0 aromatic heterocycles. The van der Waals surface area contributed by atoms with Gasteiger partial charge >= 0.3 is 5.97 Å². The van der Waals surface area contributed by atoms with Crippen LogP contribution in [-0.4, -0.2) is 16.9 Å². The largest absolute Gasteiger partial charge is 0.478 e. The Morgan fingerprint density at radius 1 is 1.00 bits per heavy atom. The van der Waals surface area contributed by atoms with Gasteiger partial charge < -0.3 is 9.90 Å². The number of benzene rings is 3. The third-order valence-corrected chi connectivity index (χ3v) is 5.21. The normalized spacial score (nSPS) is 14.8. The number of aryl methyl sites for hydroxylation is 1. The molecule has 0 bridgehead atoms. The summed E-state index contributed by atoms with van der Waals surface area (Å²) in [5.41, 5.74) is 4.66. The zero-order valence-corrected chi connectivity index (χ0v) is 20.2. The minimum absolute atomic E-state index is 0. The van der Waals surface area contributed by atoms with Gasteiger partial charge in [-0.2, -0.15) is 0 Å². The zero-order chi connectivity index (χ0) is 21.3. The Kier molecular flexibility index (Phi) is 7.20. The van der Waals surface area contributed by atoms with E-state index in [0.717, 1.165) is 21.9 Å². The Bertz CT molecular complexity index is 1280. The van der Waals surface area contributed by atoms with Crippen molar-refractivity contribution in [3.63, 3.8) is 0 Å². The molecule has 31 heavy (non-hydrogen) atoms. The maximum atomic E-state index is 12.1. The molecule has 0 heterocycles. The van der Waals surface area contributed by atoms with E-state index in [2.05, 4.69) is 18.2 Å². The van der Waals surface area contributed by atoms with Gasteiger partial charge in [0.15, 0.2) is 0 Å². The molecule has 0 aliphatic heterocycles. The number of fused-ring (bicyclic) bond motifs is 1. The van der Waals surface area contributed by atoms with Crippen molar-refractivity contribution in [3.05, 3.63) is 112 Å². The second-order valence-electron chi connectivity index (χ2n) is 7.26. The van der Waals surface area contributed by atoms with Crippen LogP contribution >= 0.6 is 0 Å². The van der Waals surface area contributed by atoms with Gasteiger partial charge in [-0.15, -0.1) is 52.9 Å². The van der Waals surface area contributed by atoms with Gasteiger partial charge in [0.25, 0.3) is 0 Å². The number of hydrogen-bond acceptors (Lipinski definition) is 2. The fourth-order valence-corrected chi connectivity index (χ4v) is 3.70. The molecular weight excluding hydrogens is 461 g/mol. The topological polar surface area (TPSA) is 54.4 Å². The molecule has 1 aliphatic rings. The molecule has 0 saturated carbocycles. The van der Waals surface area contributed by atoms with Crippen LogP contribution in [0.2, 0.25) is 0 Å². The summed E-state index contributed by atoms with van der Waals surface area (Å²) < 4.78 is 0. The van der Waals surface area contributed by atoms with E-state index < -0.39 is 5.97 Å². The molecule has 0 atom stereocenters. The summed E-state index contributed by atoms with van der Waals surface area (Å²) in [4.78, 5) is 24.1. The Morgan fingerprint density at radius 2 is 1.74 bits per heavy atom. The number of carbonyl (C=O) groups is 2. The monoisotopic (exact) mass is 481 g/mol. The van der Waals surface area contributed by atoms with Gasteiger partial charge in [0, 0.05) is 32.7 Å². The van der Waals surface area contributed by atoms with Crippen molar-refractivity contribution in [1.82, 2.24) is 0 Å². The van der Waals surface area contributed by atoms with E-state index >= 15 is 0 Å². The summed E-state index contributed by atoms with van der Waals surface area (Å²) in [6, 6.07) is 20.4. The molecule has 4 heteroatoms. The Labute approximate surface area is 207 Å². The van der Waals surface area contributed by atoms with Crippen LogP contribution in [0.25, 0.3) is 16.3 Å². The van der Waals surface area contributed by atoms with Crippen molar-refractivity contribution in [1.29, 1.82) is 0 Å². The van der Waals surface area contributed by atoms with Crippen LogP contribution in [0.3, 0.4) is 0 Å². The van der Waals surface area contributed by atoms with Crippen molar-refractivity contribution in [2.75, 3.05) is 0 Å². The van der Waals surface area contributed by atoms with E-state index in [4.69, 9.17) is 0 Å². The van der Waals surface area contributed by atoms with Gasteiger partial charge in [-0.1, -0.05) is 65.4 Å². The third-order valence-electron chi connectivity index (χ3n) is 5.21. The van der Waals surface area contributed by atoms with Crippen molar-refractivity contribution >= 4 is 28.1 Å². The summed E-state index contributed by atoms with van der Waals surface area (Å²) in [7, 11) is 0. The summed E-state index contributed by atoms with van der Waals surface area (Å²) in [5, 5.41) is 11.8. The van der Waals surface area contributed by atoms with Gasteiger partial charge in [0.2, 0.25) is 0 Å². The quantitative estimate of drug-likeness (QED) is 0.485. The van der Waals surface area contributed by atoms with Crippen molar-refractivity contribution < 1.29 is 47.4 Å². The predicted octanol–water partition coefficient (Wildman–Crippen LogP) is 5.72. The Balaban J connectivity index is 0.00000272. The number of hydrogen-bond donors (Lipinski definition) is 1. The molecule has 3 aromatic carbocycles. The van der Waals surface area contributed by atoms with Crippen LogP contribution in [0.4, 0.5) is 0 Å². The van der Waals surface area contributed by atoms with E-state index in [0.29, 0.717) is 28.7 Å². The second kappa shape index (κ2) is 9.68.